The summed E-state index contributed by atoms with van der Waals surface area (Å²) in [4.78, 5) is 12.3. The quantitative estimate of drug-likeness (QED) is 0.851. The van der Waals surface area contributed by atoms with Gasteiger partial charge >= 0.3 is 5.97 Å². The molecule has 1 saturated carbocycles. The Hall–Kier alpha value is -1.35. The van der Waals surface area contributed by atoms with E-state index in [2.05, 4.69) is 6.92 Å². The van der Waals surface area contributed by atoms with E-state index in [1.165, 1.54) is 6.42 Å². The maximum absolute atomic E-state index is 12.3. The second-order valence-corrected chi connectivity index (χ2v) is 5.77. The van der Waals surface area contributed by atoms with Crippen LogP contribution in [-0.4, -0.2) is 12.1 Å². The van der Waals surface area contributed by atoms with Gasteiger partial charge in [-0.3, -0.25) is 0 Å². The van der Waals surface area contributed by atoms with Crippen molar-refractivity contribution in [1.82, 2.24) is 0 Å². The highest BCUT2D eigenvalue weighted by Gasteiger charge is 2.35. The molecule has 0 amide bonds. The van der Waals surface area contributed by atoms with Crippen molar-refractivity contribution in [2.75, 3.05) is 0 Å². The maximum atomic E-state index is 12.3. The lowest BCUT2D eigenvalue weighted by molar-refractivity contribution is -0.159. The Kier molecular flexibility index (Phi) is 4.25. The minimum Gasteiger partial charge on any atom is -0.460 e. The molecule has 0 aromatic heterocycles. The average molecular weight is 261 g/mol. The Bertz CT molecular complexity index is 428. The minimum absolute atomic E-state index is 0.0211. The van der Waals surface area contributed by atoms with Crippen LogP contribution in [0, 0.1) is 5.92 Å². The summed E-state index contributed by atoms with van der Waals surface area (Å²) in [5.41, 5.74) is 5.89. The fourth-order valence-electron chi connectivity index (χ4n) is 2.62. The van der Waals surface area contributed by atoms with Gasteiger partial charge in [-0.05, 0) is 37.7 Å². The van der Waals surface area contributed by atoms with Gasteiger partial charge in [-0.15, -0.1) is 0 Å². The molecule has 0 radical (unpaired) electrons. The number of esters is 1. The molecule has 3 heteroatoms. The summed E-state index contributed by atoms with van der Waals surface area (Å²) in [6, 6.07) is 9.42. The fraction of sp³-hybridized carbons (Fsp3) is 0.562. The summed E-state index contributed by atoms with van der Waals surface area (Å²) < 4.78 is 5.66. The van der Waals surface area contributed by atoms with E-state index in [-0.39, 0.29) is 12.1 Å². The standard InChI is InChI=1S/C16H23NO2/c1-12-8-6-7-11-14(12)19-15(18)16(2,17)13-9-4-3-5-10-13/h3-5,9-10,12,14H,6-8,11,17H2,1-2H3. The Morgan fingerprint density at radius 3 is 2.53 bits per heavy atom. The molecule has 0 spiro atoms. The van der Waals surface area contributed by atoms with E-state index < -0.39 is 5.54 Å². The van der Waals surface area contributed by atoms with Crippen molar-refractivity contribution in [3.8, 4) is 0 Å². The first-order valence-corrected chi connectivity index (χ1v) is 7.07. The van der Waals surface area contributed by atoms with Gasteiger partial charge < -0.3 is 10.5 Å². The molecule has 0 heterocycles. The highest BCUT2D eigenvalue weighted by molar-refractivity contribution is 5.82. The zero-order valence-electron chi connectivity index (χ0n) is 11.8. The lowest BCUT2D eigenvalue weighted by Gasteiger charge is -2.32. The van der Waals surface area contributed by atoms with Crippen molar-refractivity contribution < 1.29 is 9.53 Å². The predicted molar refractivity (Wildman–Crippen MR) is 75.5 cm³/mol. The second-order valence-electron chi connectivity index (χ2n) is 5.77. The van der Waals surface area contributed by atoms with Gasteiger partial charge in [0.05, 0.1) is 0 Å². The molecule has 1 aromatic rings. The molecule has 19 heavy (non-hydrogen) atoms. The maximum Gasteiger partial charge on any atom is 0.330 e. The number of rotatable bonds is 3. The largest absolute Gasteiger partial charge is 0.460 e. The van der Waals surface area contributed by atoms with Crippen molar-refractivity contribution in [1.29, 1.82) is 0 Å². The Labute approximate surface area is 115 Å². The molecule has 2 rings (SSSR count). The molecule has 0 saturated heterocycles. The summed E-state index contributed by atoms with van der Waals surface area (Å²) in [6.07, 6.45) is 4.47. The Morgan fingerprint density at radius 1 is 1.26 bits per heavy atom. The second kappa shape index (κ2) is 5.74. The number of hydrogen-bond donors (Lipinski definition) is 1. The number of nitrogens with two attached hydrogens (primary N) is 1. The molecule has 0 bridgehead atoms. The smallest absolute Gasteiger partial charge is 0.330 e. The van der Waals surface area contributed by atoms with Crippen LogP contribution in [0.3, 0.4) is 0 Å². The number of ether oxygens (including phenoxy) is 1. The van der Waals surface area contributed by atoms with Crippen LogP contribution >= 0.6 is 0 Å². The zero-order valence-corrected chi connectivity index (χ0v) is 11.8. The third-order valence-electron chi connectivity index (χ3n) is 4.09. The van der Waals surface area contributed by atoms with E-state index in [9.17, 15) is 4.79 Å². The summed E-state index contributed by atoms with van der Waals surface area (Å²) in [7, 11) is 0. The predicted octanol–water partition coefficient (Wildman–Crippen LogP) is 2.98. The van der Waals surface area contributed by atoms with E-state index in [4.69, 9.17) is 10.5 Å². The molecular weight excluding hydrogens is 238 g/mol. The van der Waals surface area contributed by atoms with Crippen molar-refractivity contribution >= 4 is 5.97 Å². The molecule has 2 N–H and O–H groups in total. The van der Waals surface area contributed by atoms with E-state index >= 15 is 0 Å². The molecule has 1 aromatic carbocycles. The van der Waals surface area contributed by atoms with Crippen molar-refractivity contribution in [3.63, 3.8) is 0 Å². The van der Waals surface area contributed by atoms with E-state index in [0.717, 1.165) is 24.8 Å². The van der Waals surface area contributed by atoms with E-state index in [0.29, 0.717) is 5.92 Å². The molecule has 0 aliphatic heterocycles. The molecule has 104 valence electrons. The fourth-order valence-corrected chi connectivity index (χ4v) is 2.62. The monoisotopic (exact) mass is 261 g/mol. The Morgan fingerprint density at radius 2 is 1.89 bits per heavy atom. The van der Waals surface area contributed by atoms with Gasteiger partial charge in [0, 0.05) is 0 Å². The molecule has 3 nitrogen and oxygen atoms in total. The van der Waals surface area contributed by atoms with Gasteiger partial charge in [0.2, 0.25) is 0 Å². The first kappa shape index (κ1) is 14.1. The van der Waals surface area contributed by atoms with Crippen LogP contribution in [0.2, 0.25) is 0 Å². The minimum atomic E-state index is -1.07. The molecular formula is C16H23NO2. The topological polar surface area (TPSA) is 52.3 Å². The number of carbonyl (C=O) groups is 1. The van der Waals surface area contributed by atoms with Gasteiger partial charge in [0.1, 0.15) is 11.6 Å². The van der Waals surface area contributed by atoms with Crippen LogP contribution < -0.4 is 5.73 Å². The first-order valence-electron chi connectivity index (χ1n) is 7.07. The normalized spacial score (nSPS) is 26.5. The molecule has 1 aliphatic carbocycles. The van der Waals surface area contributed by atoms with E-state index in [1.807, 2.05) is 30.3 Å². The van der Waals surface area contributed by atoms with Crippen LogP contribution in [0.4, 0.5) is 0 Å². The van der Waals surface area contributed by atoms with E-state index in [1.54, 1.807) is 6.92 Å². The van der Waals surface area contributed by atoms with Crippen LogP contribution in [-0.2, 0) is 15.1 Å². The van der Waals surface area contributed by atoms with Crippen molar-refractivity contribution in [3.05, 3.63) is 35.9 Å². The van der Waals surface area contributed by atoms with Crippen molar-refractivity contribution in [2.24, 2.45) is 11.7 Å². The third-order valence-corrected chi connectivity index (χ3v) is 4.09. The summed E-state index contributed by atoms with van der Waals surface area (Å²) in [6.45, 7) is 3.87. The highest BCUT2D eigenvalue weighted by atomic mass is 16.5. The molecule has 3 atom stereocenters. The SMILES string of the molecule is CC1CCCCC1OC(=O)C(C)(N)c1ccccc1. The third kappa shape index (κ3) is 3.16. The lowest BCUT2D eigenvalue weighted by atomic mass is 9.87. The van der Waals surface area contributed by atoms with Crippen molar-refractivity contribution in [2.45, 2.75) is 51.2 Å². The van der Waals surface area contributed by atoms with Gasteiger partial charge in [-0.2, -0.15) is 0 Å². The van der Waals surface area contributed by atoms with Gasteiger partial charge in [0.25, 0.3) is 0 Å². The van der Waals surface area contributed by atoms with Gasteiger partial charge in [-0.25, -0.2) is 4.79 Å². The highest BCUT2D eigenvalue weighted by Crippen LogP contribution is 2.28. The number of benzene rings is 1. The summed E-state index contributed by atoms with van der Waals surface area (Å²) in [5.74, 6) is 0.113. The number of hydrogen-bond acceptors (Lipinski definition) is 3. The number of carbonyl (C=O) groups excluding carboxylic acids is 1. The van der Waals surface area contributed by atoms with Gasteiger partial charge in [-0.1, -0.05) is 43.7 Å². The molecule has 1 aliphatic rings. The van der Waals surface area contributed by atoms with Crippen LogP contribution in [0.1, 0.15) is 45.1 Å². The van der Waals surface area contributed by atoms with Crippen LogP contribution in [0.15, 0.2) is 30.3 Å². The zero-order chi connectivity index (χ0) is 13.9. The molecule has 3 unspecified atom stereocenters. The lowest BCUT2D eigenvalue weighted by Crippen LogP contribution is -2.45. The first-order chi connectivity index (χ1) is 9.01. The van der Waals surface area contributed by atoms with Crippen LogP contribution in [0.5, 0.6) is 0 Å². The van der Waals surface area contributed by atoms with Gasteiger partial charge in [0.15, 0.2) is 0 Å². The summed E-state index contributed by atoms with van der Waals surface area (Å²) >= 11 is 0. The summed E-state index contributed by atoms with van der Waals surface area (Å²) in [5, 5.41) is 0. The Balaban J connectivity index is 2.06. The molecule has 1 fully saturated rings. The average Bonchev–Trinajstić information content (AvgIpc) is 2.42. The van der Waals surface area contributed by atoms with Crippen LogP contribution in [0.25, 0.3) is 0 Å².